The Labute approximate surface area is 125 Å². The third kappa shape index (κ3) is 3.68. The van der Waals surface area contributed by atoms with Gasteiger partial charge in [-0.2, -0.15) is 10.1 Å². The van der Waals surface area contributed by atoms with Crippen molar-refractivity contribution in [3.8, 4) is 0 Å². The highest BCUT2D eigenvalue weighted by atomic mass is 15.3. The molecule has 1 heterocycles. The fourth-order valence-electron chi connectivity index (χ4n) is 2.73. The zero-order valence-electron chi connectivity index (χ0n) is 12.4. The van der Waals surface area contributed by atoms with Crippen LogP contribution in [0.5, 0.6) is 0 Å². The number of nitrogens with one attached hydrogen (secondary N) is 1. The second kappa shape index (κ2) is 6.52. The van der Waals surface area contributed by atoms with Gasteiger partial charge in [-0.15, -0.1) is 5.10 Å². The largest absolute Gasteiger partial charge is 0.366 e. The molecule has 21 heavy (non-hydrogen) atoms. The fourth-order valence-corrected chi connectivity index (χ4v) is 2.73. The molecule has 1 aromatic carbocycles. The number of hydrogen-bond donors (Lipinski definition) is 1. The van der Waals surface area contributed by atoms with Crippen molar-refractivity contribution in [2.75, 3.05) is 17.3 Å². The average molecular weight is 283 g/mol. The van der Waals surface area contributed by atoms with Gasteiger partial charge in [0.2, 0.25) is 5.95 Å². The van der Waals surface area contributed by atoms with Crippen molar-refractivity contribution in [1.29, 1.82) is 0 Å². The Morgan fingerprint density at radius 3 is 2.71 bits per heavy atom. The molecule has 1 fully saturated rings. The Bertz CT molecular complexity index is 566. The van der Waals surface area contributed by atoms with Gasteiger partial charge in [0.1, 0.15) is 0 Å². The Kier molecular flexibility index (Phi) is 4.28. The molecule has 0 bridgehead atoms. The van der Waals surface area contributed by atoms with E-state index in [9.17, 15) is 0 Å². The highest BCUT2D eigenvalue weighted by molar-refractivity contribution is 5.40. The summed E-state index contributed by atoms with van der Waals surface area (Å²) in [7, 11) is 1.99. The molecule has 5 heteroatoms. The Morgan fingerprint density at radius 2 is 1.95 bits per heavy atom. The maximum absolute atomic E-state index is 4.57. The van der Waals surface area contributed by atoms with Crippen molar-refractivity contribution in [3.05, 3.63) is 42.1 Å². The third-order valence-electron chi connectivity index (χ3n) is 3.86. The van der Waals surface area contributed by atoms with Gasteiger partial charge < -0.3 is 10.2 Å². The van der Waals surface area contributed by atoms with Crippen LogP contribution in [-0.2, 0) is 6.54 Å². The van der Waals surface area contributed by atoms with Crippen LogP contribution < -0.4 is 10.2 Å². The molecule has 0 atom stereocenters. The molecule has 0 spiro atoms. The smallest absolute Gasteiger partial charge is 0.247 e. The minimum Gasteiger partial charge on any atom is -0.366 e. The van der Waals surface area contributed by atoms with E-state index in [1.165, 1.54) is 31.2 Å². The predicted molar refractivity (Wildman–Crippen MR) is 84.3 cm³/mol. The van der Waals surface area contributed by atoms with E-state index in [-0.39, 0.29) is 0 Å². The summed E-state index contributed by atoms with van der Waals surface area (Å²) in [5.74, 6) is 1.48. The summed E-state index contributed by atoms with van der Waals surface area (Å²) in [6.45, 7) is 0.773. The van der Waals surface area contributed by atoms with Gasteiger partial charge in [0, 0.05) is 19.6 Å². The second-order valence-electron chi connectivity index (χ2n) is 5.61. The van der Waals surface area contributed by atoms with Gasteiger partial charge in [0.05, 0.1) is 6.20 Å². The number of aromatic nitrogens is 3. The van der Waals surface area contributed by atoms with Crippen molar-refractivity contribution in [3.63, 3.8) is 0 Å². The quantitative estimate of drug-likeness (QED) is 0.914. The first kappa shape index (κ1) is 13.8. The van der Waals surface area contributed by atoms with Crippen LogP contribution in [0.1, 0.15) is 31.2 Å². The Hall–Kier alpha value is -2.17. The molecule has 0 unspecified atom stereocenters. The maximum Gasteiger partial charge on any atom is 0.247 e. The second-order valence-corrected chi connectivity index (χ2v) is 5.61. The van der Waals surface area contributed by atoms with Gasteiger partial charge in [0.15, 0.2) is 5.82 Å². The molecule has 0 aliphatic heterocycles. The molecular weight excluding hydrogens is 262 g/mol. The lowest BCUT2D eigenvalue weighted by Crippen LogP contribution is -2.21. The first-order valence-electron chi connectivity index (χ1n) is 7.52. The van der Waals surface area contributed by atoms with E-state index in [4.69, 9.17) is 0 Å². The number of benzene rings is 1. The molecule has 0 amide bonds. The van der Waals surface area contributed by atoms with Gasteiger partial charge in [-0.3, -0.25) is 0 Å². The molecule has 1 saturated carbocycles. The van der Waals surface area contributed by atoms with Crippen LogP contribution in [0.3, 0.4) is 0 Å². The molecule has 110 valence electrons. The van der Waals surface area contributed by atoms with E-state index in [0.717, 1.165) is 12.4 Å². The van der Waals surface area contributed by atoms with E-state index in [0.29, 0.717) is 12.0 Å². The minimum absolute atomic E-state index is 0.536. The lowest BCUT2D eigenvalue weighted by Gasteiger charge is -2.18. The van der Waals surface area contributed by atoms with Crippen molar-refractivity contribution in [2.24, 2.45) is 0 Å². The van der Waals surface area contributed by atoms with E-state index in [2.05, 4.69) is 32.6 Å². The van der Waals surface area contributed by atoms with Crippen LogP contribution in [-0.4, -0.2) is 28.3 Å². The topological polar surface area (TPSA) is 53.9 Å². The highest BCUT2D eigenvalue weighted by Crippen LogP contribution is 2.21. The standard InChI is InChI=1S/C16H21N5/c1-21(12-13-7-3-2-4-8-13)16-19-15(11-17-20-16)18-14-9-5-6-10-14/h2-4,7-8,11,14H,5-6,9-10,12H2,1H3,(H,18,19,20). The summed E-state index contributed by atoms with van der Waals surface area (Å²) < 4.78 is 0. The Morgan fingerprint density at radius 1 is 1.19 bits per heavy atom. The summed E-state index contributed by atoms with van der Waals surface area (Å²) in [5.41, 5.74) is 1.23. The molecule has 1 aliphatic rings. The average Bonchev–Trinajstić information content (AvgIpc) is 3.01. The normalized spacial score (nSPS) is 15.1. The summed E-state index contributed by atoms with van der Waals surface area (Å²) >= 11 is 0. The molecule has 0 radical (unpaired) electrons. The molecule has 3 rings (SSSR count). The van der Waals surface area contributed by atoms with Crippen molar-refractivity contribution in [1.82, 2.24) is 15.2 Å². The lowest BCUT2D eigenvalue weighted by atomic mass is 10.2. The van der Waals surface area contributed by atoms with E-state index >= 15 is 0 Å². The molecule has 1 aliphatic carbocycles. The maximum atomic E-state index is 4.57. The molecule has 1 N–H and O–H groups in total. The van der Waals surface area contributed by atoms with Crippen LogP contribution in [0.15, 0.2) is 36.5 Å². The third-order valence-corrected chi connectivity index (χ3v) is 3.86. The molecule has 5 nitrogen and oxygen atoms in total. The molecule has 2 aromatic rings. The summed E-state index contributed by atoms with van der Waals surface area (Å²) in [5, 5.41) is 11.7. The van der Waals surface area contributed by atoms with Crippen LogP contribution in [0, 0.1) is 0 Å². The van der Waals surface area contributed by atoms with Crippen LogP contribution in [0.25, 0.3) is 0 Å². The van der Waals surface area contributed by atoms with Gasteiger partial charge in [0.25, 0.3) is 0 Å². The fraction of sp³-hybridized carbons (Fsp3) is 0.438. The SMILES string of the molecule is CN(Cc1ccccc1)c1nncc(NC2CCCC2)n1. The van der Waals surface area contributed by atoms with Crippen molar-refractivity contribution in [2.45, 2.75) is 38.3 Å². The number of anilines is 2. The summed E-state index contributed by atoms with van der Waals surface area (Å²) in [6, 6.07) is 10.8. The predicted octanol–water partition coefficient (Wildman–Crippen LogP) is 2.86. The minimum atomic E-state index is 0.536. The van der Waals surface area contributed by atoms with Crippen molar-refractivity contribution < 1.29 is 0 Å². The zero-order valence-corrected chi connectivity index (χ0v) is 12.4. The first-order valence-corrected chi connectivity index (χ1v) is 7.52. The monoisotopic (exact) mass is 283 g/mol. The van der Waals surface area contributed by atoms with Gasteiger partial charge in [-0.1, -0.05) is 43.2 Å². The van der Waals surface area contributed by atoms with Crippen molar-refractivity contribution >= 4 is 11.8 Å². The molecule has 0 saturated heterocycles. The number of nitrogens with zero attached hydrogens (tertiary/aromatic N) is 4. The van der Waals surface area contributed by atoms with Gasteiger partial charge in [-0.25, -0.2) is 0 Å². The van der Waals surface area contributed by atoms with Crippen LogP contribution in [0.2, 0.25) is 0 Å². The van der Waals surface area contributed by atoms with E-state index in [1.54, 1.807) is 6.20 Å². The summed E-state index contributed by atoms with van der Waals surface area (Å²) in [6.07, 6.45) is 6.75. The van der Waals surface area contributed by atoms with E-state index in [1.807, 2.05) is 30.1 Å². The molecular formula is C16H21N5. The van der Waals surface area contributed by atoms with Crippen LogP contribution >= 0.6 is 0 Å². The zero-order chi connectivity index (χ0) is 14.5. The first-order chi connectivity index (χ1) is 10.3. The Balaban J connectivity index is 1.66. The van der Waals surface area contributed by atoms with Gasteiger partial charge in [-0.05, 0) is 18.4 Å². The van der Waals surface area contributed by atoms with Gasteiger partial charge >= 0.3 is 0 Å². The number of rotatable bonds is 5. The lowest BCUT2D eigenvalue weighted by molar-refractivity contribution is 0.742. The highest BCUT2D eigenvalue weighted by Gasteiger charge is 2.16. The number of hydrogen-bond acceptors (Lipinski definition) is 5. The van der Waals surface area contributed by atoms with Crippen LogP contribution in [0.4, 0.5) is 11.8 Å². The summed E-state index contributed by atoms with van der Waals surface area (Å²) in [4.78, 5) is 6.59. The molecule has 1 aromatic heterocycles. The van der Waals surface area contributed by atoms with E-state index < -0.39 is 0 Å².